The number of nitrogens with one attached hydrogen (secondary N) is 1. The predicted octanol–water partition coefficient (Wildman–Crippen LogP) is 1.31. The molecule has 0 spiro atoms. The number of nitrogens with two attached hydrogens (primary N) is 1. The van der Waals surface area contributed by atoms with E-state index in [0.29, 0.717) is 24.3 Å². The Hall–Kier alpha value is -1.59. The van der Waals surface area contributed by atoms with Crippen molar-refractivity contribution in [1.82, 2.24) is 15.6 Å². The Labute approximate surface area is 101 Å². The molecule has 1 aromatic heterocycles. The largest absolute Gasteiger partial charge is 0.379 e. The van der Waals surface area contributed by atoms with Gasteiger partial charge in [-0.2, -0.15) is 0 Å². The van der Waals surface area contributed by atoms with E-state index in [9.17, 15) is 4.79 Å². The minimum Gasteiger partial charge on any atom is -0.379 e. The van der Waals surface area contributed by atoms with Crippen molar-refractivity contribution in [3.05, 3.63) is 5.69 Å². The molecule has 0 bridgehead atoms. The summed E-state index contributed by atoms with van der Waals surface area (Å²) in [5.74, 6) is 1.11. The van der Waals surface area contributed by atoms with Gasteiger partial charge in [0.05, 0.1) is 0 Å². The number of rotatable bonds is 5. The van der Waals surface area contributed by atoms with Crippen LogP contribution in [0.15, 0.2) is 4.63 Å². The SMILES string of the molecule is CC(C)C(CNC(=O)c1nonc1N)C(C)C. The number of nitrogen functional groups attached to an aromatic ring is 1. The lowest BCUT2D eigenvalue weighted by Gasteiger charge is -2.24. The molecule has 1 rings (SSSR count). The highest BCUT2D eigenvalue weighted by molar-refractivity contribution is 5.95. The molecule has 3 N–H and O–H groups in total. The van der Waals surface area contributed by atoms with E-state index in [-0.39, 0.29) is 17.4 Å². The number of nitrogens with zero attached hydrogens (tertiary/aromatic N) is 2. The van der Waals surface area contributed by atoms with E-state index in [1.165, 1.54) is 0 Å². The van der Waals surface area contributed by atoms with Crippen LogP contribution in [0.5, 0.6) is 0 Å². The molecule has 0 aliphatic rings. The smallest absolute Gasteiger partial charge is 0.277 e. The fraction of sp³-hybridized carbons (Fsp3) is 0.727. The monoisotopic (exact) mass is 240 g/mol. The second-order valence-electron chi connectivity index (χ2n) is 4.86. The van der Waals surface area contributed by atoms with E-state index in [0.717, 1.165) is 0 Å². The maximum absolute atomic E-state index is 11.7. The van der Waals surface area contributed by atoms with E-state index >= 15 is 0 Å². The van der Waals surface area contributed by atoms with Gasteiger partial charge in [-0.05, 0) is 28.1 Å². The summed E-state index contributed by atoms with van der Waals surface area (Å²) in [5, 5.41) is 9.63. The molecule has 0 aliphatic heterocycles. The van der Waals surface area contributed by atoms with Crippen molar-refractivity contribution in [2.24, 2.45) is 17.8 Å². The van der Waals surface area contributed by atoms with Gasteiger partial charge in [-0.1, -0.05) is 27.7 Å². The summed E-state index contributed by atoms with van der Waals surface area (Å²) in [4.78, 5) is 11.7. The van der Waals surface area contributed by atoms with Crippen molar-refractivity contribution in [3.8, 4) is 0 Å². The fourth-order valence-electron chi connectivity index (χ4n) is 1.89. The van der Waals surface area contributed by atoms with Crippen LogP contribution in [-0.4, -0.2) is 22.8 Å². The van der Waals surface area contributed by atoms with Crippen molar-refractivity contribution in [3.63, 3.8) is 0 Å². The van der Waals surface area contributed by atoms with Crippen LogP contribution in [0.25, 0.3) is 0 Å². The quantitative estimate of drug-likeness (QED) is 0.809. The molecular formula is C11H20N4O2. The minimum atomic E-state index is -0.338. The fourth-order valence-corrected chi connectivity index (χ4v) is 1.89. The standard InChI is InChI=1S/C11H20N4O2/c1-6(2)8(7(3)4)5-13-11(16)9-10(12)15-17-14-9/h6-8H,5H2,1-4H3,(H2,12,15)(H,13,16). The van der Waals surface area contributed by atoms with Crippen LogP contribution < -0.4 is 11.1 Å². The Morgan fingerprint density at radius 3 is 2.29 bits per heavy atom. The zero-order chi connectivity index (χ0) is 13.0. The van der Waals surface area contributed by atoms with E-state index < -0.39 is 0 Å². The summed E-state index contributed by atoms with van der Waals surface area (Å²) in [5.41, 5.74) is 5.49. The second kappa shape index (κ2) is 5.65. The average Bonchev–Trinajstić information content (AvgIpc) is 2.63. The number of carbonyl (C=O) groups is 1. The third-order valence-electron chi connectivity index (χ3n) is 2.94. The first-order valence-electron chi connectivity index (χ1n) is 5.79. The van der Waals surface area contributed by atoms with Gasteiger partial charge in [0.2, 0.25) is 11.5 Å². The lowest BCUT2D eigenvalue weighted by Crippen LogP contribution is -2.34. The van der Waals surface area contributed by atoms with Gasteiger partial charge in [0.1, 0.15) is 0 Å². The molecule has 6 nitrogen and oxygen atoms in total. The highest BCUT2D eigenvalue weighted by Crippen LogP contribution is 2.19. The molecular weight excluding hydrogens is 220 g/mol. The third kappa shape index (κ3) is 3.44. The molecule has 1 heterocycles. The molecule has 0 radical (unpaired) electrons. The number of carbonyl (C=O) groups excluding carboxylic acids is 1. The summed E-state index contributed by atoms with van der Waals surface area (Å²) in [6.45, 7) is 9.16. The van der Waals surface area contributed by atoms with Crippen LogP contribution in [0.4, 0.5) is 5.82 Å². The van der Waals surface area contributed by atoms with Gasteiger partial charge in [0.25, 0.3) is 5.91 Å². The Balaban J connectivity index is 2.56. The summed E-state index contributed by atoms with van der Waals surface area (Å²) >= 11 is 0. The van der Waals surface area contributed by atoms with Gasteiger partial charge in [0.15, 0.2) is 0 Å². The Morgan fingerprint density at radius 1 is 1.29 bits per heavy atom. The number of amides is 1. The molecule has 0 atom stereocenters. The summed E-state index contributed by atoms with van der Waals surface area (Å²) < 4.78 is 4.38. The van der Waals surface area contributed by atoms with Gasteiger partial charge in [0, 0.05) is 6.54 Å². The van der Waals surface area contributed by atoms with Gasteiger partial charge < -0.3 is 11.1 Å². The first kappa shape index (κ1) is 13.5. The van der Waals surface area contributed by atoms with Crippen molar-refractivity contribution >= 4 is 11.7 Å². The molecule has 17 heavy (non-hydrogen) atoms. The summed E-state index contributed by atoms with van der Waals surface area (Å²) in [6, 6.07) is 0. The summed E-state index contributed by atoms with van der Waals surface area (Å²) in [7, 11) is 0. The van der Waals surface area contributed by atoms with Crippen molar-refractivity contribution < 1.29 is 9.42 Å². The molecule has 0 aromatic carbocycles. The second-order valence-corrected chi connectivity index (χ2v) is 4.86. The molecule has 0 aliphatic carbocycles. The lowest BCUT2D eigenvalue weighted by atomic mass is 9.85. The zero-order valence-electron chi connectivity index (χ0n) is 10.7. The van der Waals surface area contributed by atoms with Crippen molar-refractivity contribution in [1.29, 1.82) is 0 Å². The number of hydrogen-bond donors (Lipinski definition) is 2. The molecule has 0 unspecified atom stereocenters. The predicted molar refractivity (Wildman–Crippen MR) is 64.2 cm³/mol. The van der Waals surface area contributed by atoms with Crippen LogP contribution in [0.3, 0.4) is 0 Å². The van der Waals surface area contributed by atoms with E-state index in [1.54, 1.807) is 0 Å². The Morgan fingerprint density at radius 2 is 1.88 bits per heavy atom. The highest BCUT2D eigenvalue weighted by atomic mass is 16.6. The number of anilines is 1. The van der Waals surface area contributed by atoms with E-state index in [4.69, 9.17) is 5.73 Å². The van der Waals surface area contributed by atoms with Crippen LogP contribution in [-0.2, 0) is 0 Å². The molecule has 1 aromatic rings. The number of aromatic nitrogens is 2. The van der Waals surface area contributed by atoms with Gasteiger partial charge >= 0.3 is 0 Å². The molecule has 6 heteroatoms. The van der Waals surface area contributed by atoms with Crippen molar-refractivity contribution in [2.45, 2.75) is 27.7 Å². The maximum Gasteiger partial charge on any atom is 0.277 e. The lowest BCUT2D eigenvalue weighted by molar-refractivity contribution is 0.0928. The normalized spacial score (nSPS) is 11.5. The van der Waals surface area contributed by atoms with Gasteiger partial charge in [-0.3, -0.25) is 4.79 Å². The molecule has 0 saturated carbocycles. The Bertz CT molecular complexity index is 365. The molecule has 1 amide bonds. The third-order valence-corrected chi connectivity index (χ3v) is 2.94. The molecule has 0 fully saturated rings. The highest BCUT2D eigenvalue weighted by Gasteiger charge is 2.21. The van der Waals surface area contributed by atoms with Crippen molar-refractivity contribution in [2.75, 3.05) is 12.3 Å². The summed E-state index contributed by atoms with van der Waals surface area (Å²) in [6.07, 6.45) is 0. The van der Waals surface area contributed by atoms with E-state index in [2.05, 4.69) is 48.0 Å². The van der Waals surface area contributed by atoms with Crippen LogP contribution in [0, 0.1) is 17.8 Å². The first-order valence-corrected chi connectivity index (χ1v) is 5.79. The Kier molecular flexibility index (Phi) is 4.48. The van der Waals surface area contributed by atoms with E-state index in [1.807, 2.05) is 0 Å². The van der Waals surface area contributed by atoms with Gasteiger partial charge in [-0.25, -0.2) is 4.63 Å². The maximum atomic E-state index is 11.7. The first-order chi connectivity index (χ1) is 7.93. The van der Waals surface area contributed by atoms with Crippen LogP contribution in [0.1, 0.15) is 38.2 Å². The molecule has 96 valence electrons. The average molecular weight is 240 g/mol. The number of hydrogen-bond acceptors (Lipinski definition) is 5. The topological polar surface area (TPSA) is 94.0 Å². The molecule has 0 saturated heterocycles. The minimum absolute atomic E-state index is 0.0214. The van der Waals surface area contributed by atoms with Crippen LogP contribution in [0.2, 0.25) is 0 Å². The zero-order valence-corrected chi connectivity index (χ0v) is 10.7. The van der Waals surface area contributed by atoms with Gasteiger partial charge in [-0.15, -0.1) is 0 Å². The van der Waals surface area contributed by atoms with Crippen LogP contribution >= 0.6 is 0 Å².